The molecule has 0 spiro atoms. The maximum Gasteiger partial charge on any atom is 0.408 e. The second-order valence-corrected chi connectivity index (χ2v) is 14.1. The van der Waals surface area contributed by atoms with Crippen molar-refractivity contribution in [3.63, 3.8) is 0 Å². The summed E-state index contributed by atoms with van der Waals surface area (Å²) < 4.78 is 16.6. The van der Waals surface area contributed by atoms with Crippen molar-refractivity contribution in [2.75, 3.05) is 27.3 Å². The zero-order valence-corrected chi connectivity index (χ0v) is 28.6. The van der Waals surface area contributed by atoms with Crippen LogP contribution in [0.5, 0.6) is 11.5 Å². The van der Waals surface area contributed by atoms with Crippen LogP contribution in [0.25, 0.3) is 10.9 Å². The van der Waals surface area contributed by atoms with Gasteiger partial charge in [0, 0.05) is 54.0 Å². The minimum atomic E-state index is -0.815. The lowest BCUT2D eigenvalue weighted by molar-refractivity contribution is -0.143. The lowest BCUT2D eigenvalue weighted by Gasteiger charge is -2.43. The molecule has 0 radical (unpaired) electrons. The second kappa shape index (κ2) is 13.9. The summed E-state index contributed by atoms with van der Waals surface area (Å²) in [5, 5.41) is 10.6. The van der Waals surface area contributed by atoms with Crippen LogP contribution in [-0.4, -0.2) is 83.5 Å². The Bertz CT molecular complexity index is 1680. The number of rotatable bonds is 8. The molecule has 11 nitrogen and oxygen atoms in total. The highest BCUT2D eigenvalue weighted by molar-refractivity contribution is 6.07. The van der Waals surface area contributed by atoms with E-state index in [9.17, 15) is 14.4 Å². The van der Waals surface area contributed by atoms with Crippen molar-refractivity contribution in [2.24, 2.45) is 16.9 Å². The smallest absolute Gasteiger partial charge is 0.408 e. The van der Waals surface area contributed by atoms with Crippen molar-refractivity contribution >= 4 is 34.5 Å². The molecule has 3 aliphatic rings. The fourth-order valence-electron chi connectivity index (χ4n) is 7.41. The zero-order chi connectivity index (χ0) is 34.0. The number of carbonyl (C=O) groups is 3. The van der Waals surface area contributed by atoms with Gasteiger partial charge in [0.05, 0.1) is 26.0 Å². The molecule has 3 amide bonds. The molecule has 0 bridgehead atoms. The summed E-state index contributed by atoms with van der Waals surface area (Å²) >= 11 is 0. The van der Waals surface area contributed by atoms with E-state index in [0.717, 1.165) is 53.4 Å². The topological polar surface area (TPSA) is 126 Å². The number of hydrogen-bond acceptors (Lipinski definition) is 7. The van der Waals surface area contributed by atoms with E-state index in [0.29, 0.717) is 43.9 Å². The largest absolute Gasteiger partial charge is 0.493 e. The molecular weight excluding hydrogens is 610 g/mol. The molecule has 3 heterocycles. The Labute approximate surface area is 282 Å². The summed E-state index contributed by atoms with van der Waals surface area (Å²) in [6, 6.07) is 12.8. The Kier molecular flexibility index (Phi) is 9.66. The number of fused-ring (bicyclic) bond motifs is 2. The average Bonchev–Trinajstić information content (AvgIpc) is 3.49. The highest BCUT2D eigenvalue weighted by Crippen LogP contribution is 2.40. The van der Waals surface area contributed by atoms with Gasteiger partial charge in [0.25, 0.3) is 0 Å². The quantitative estimate of drug-likeness (QED) is 0.322. The molecule has 1 aromatic heterocycles. The molecule has 256 valence electrons. The Hall–Kier alpha value is -4.54. The molecular formula is C37H47N5O6. The van der Waals surface area contributed by atoms with Crippen LogP contribution in [0.2, 0.25) is 0 Å². The van der Waals surface area contributed by atoms with Gasteiger partial charge in [-0.3, -0.25) is 9.59 Å². The second-order valence-electron chi connectivity index (χ2n) is 14.1. The van der Waals surface area contributed by atoms with Gasteiger partial charge < -0.3 is 29.4 Å². The number of methoxy groups -OCH3 is 2. The molecule has 3 aromatic rings. The Morgan fingerprint density at radius 1 is 0.979 bits per heavy atom. The van der Waals surface area contributed by atoms with E-state index >= 15 is 0 Å². The number of H-pyrrole nitrogens is 1. The number of carbonyl (C=O) groups excluding carboxylic acids is 3. The Balaban J connectivity index is 1.20. The van der Waals surface area contributed by atoms with Crippen LogP contribution in [0.4, 0.5) is 4.79 Å². The van der Waals surface area contributed by atoms with Crippen molar-refractivity contribution in [1.82, 2.24) is 20.2 Å². The molecule has 3 atom stereocenters. The number of amides is 3. The van der Waals surface area contributed by atoms with E-state index in [1.165, 1.54) is 0 Å². The highest BCUT2D eigenvalue weighted by atomic mass is 16.6. The minimum absolute atomic E-state index is 0.0615. The summed E-state index contributed by atoms with van der Waals surface area (Å²) in [6.07, 6.45) is 6.61. The lowest BCUT2D eigenvalue weighted by Crippen LogP contribution is -2.56. The van der Waals surface area contributed by atoms with Gasteiger partial charge in [-0.05, 0) is 76.3 Å². The number of piperidine rings is 1. The predicted octanol–water partition coefficient (Wildman–Crippen LogP) is 5.66. The van der Waals surface area contributed by atoms with Crippen LogP contribution in [0, 0.1) is 11.8 Å². The number of ether oxygens (including phenoxy) is 3. The van der Waals surface area contributed by atoms with E-state index in [-0.39, 0.29) is 29.7 Å². The van der Waals surface area contributed by atoms with Crippen LogP contribution in [0.15, 0.2) is 53.8 Å². The number of aromatic nitrogens is 1. The third-order valence-corrected chi connectivity index (χ3v) is 9.76. The van der Waals surface area contributed by atoms with Crippen LogP contribution in [0.3, 0.4) is 0 Å². The molecule has 11 heteroatoms. The predicted molar refractivity (Wildman–Crippen MR) is 183 cm³/mol. The minimum Gasteiger partial charge on any atom is -0.493 e. The summed E-state index contributed by atoms with van der Waals surface area (Å²) in [7, 11) is 3.23. The van der Waals surface area contributed by atoms with Gasteiger partial charge in [-0.2, -0.15) is 5.10 Å². The number of hydrazone groups is 1. The molecule has 1 aliphatic carbocycles. The van der Waals surface area contributed by atoms with Crippen LogP contribution in [-0.2, 0) is 20.7 Å². The van der Waals surface area contributed by atoms with E-state index in [2.05, 4.69) is 10.3 Å². The first-order valence-corrected chi connectivity index (χ1v) is 17.0. The Morgan fingerprint density at radius 2 is 1.69 bits per heavy atom. The number of nitrogens with zero attached hydrogens (tertiary/aromatic N) is 3. The first-order chi connectivity index (χ1) is 23.1. The van der Waals surface area contributed by atoms with Crippen molar-refractivity contribution in [1.29, 1.82) is 0 Å². The van der Waals surface area contributed by atoms with E-state index in [1.807, 2.05) is 48.7 Å². The number of hydrogen-bond donors (Lipinski definition) is 2. The first kappa shape index (κ1) is 33.4. The zero-order valence-electron chi connectivity index (χ0n) is 28.6. The summed E-state index contributed by atoms with van der Waals surface area (Å²) in [6.45, 7) is 6.28. The molecule has 48 heavy (non-hydrogen) atoms. The van der Waals surface area contributed by atoms with Gasteiger partial charge >= 0.3 is 6.09 Å². The maximum absolute atomic E-state index is 14.1. The van der Waals surface area contributed by atoms with Gasteiger partial charge in [0.1, 0.15) is 11.6 Å². The Morgan fingerprint density at radius 3 is 2.40 bits per heavy atom. The lowest BCUT2D eigenvalue weighted by atomic mass is 9.73. The maximum atomic E-state index is 14.1. The monoisotopic (exact) mass is 657 g/mol. The third-order valence-electron chi connectivity index (χ3n) is 9.76. The standard InChI is InChI=1S/C37H47N5O6/c1-37(2,3)48-36(45)39-30(20-24-22-38-29-13-9-8-10-26(24)29)35(44)41-18-16-25(17-19-41)42-34(43)28-12-7-6-11-27(28)33(40-42)23-14-15-31(46-4)32(21-23)47-5/h8-10,13-15,21-22,25,27-28,30,38H,6-7,11-12,16-20H2,1-5H3,(H,39,45)/t27-,28+,30+/m0/s1. The summed E-state index contributed by atoms with van der Waals surface area (Å²) in [5.74, 6) is 1.13. The van der Waals surface area contributed by atoms with Gasteiger partial charge in [-0.15, -0.1) is 0 Å². The van der Waals surface area contributed by atoms with Crippen molar-refractivity contribution in [2.45, 2.75) is 83.4 Å². The molecule has 1 saturated carbocycles. The number of likely N-dealkylation sites (tertiary alicyclic amines) is 1. The third kappa shape index (κ3) is 7.00. The molecule has 2 aliphatic heterocycles. The van der Waals surface area contributed by atoms with Gasteiger partial charge in [-0.1, -0.05) is 31.0 Å². The van der Waals surface area contributed by atoms with Crippen molar-refractivity contribution in [3.05, 3.63) is 59.8 Å². The number of benzene rings is 2. The molecule has 1 saturated heterocycles. The first-order valence-electron chi connectivity index (χ1n) is 17.0. The number of para-hydroxylation sites is 1. The van der Waals surface area contributed by atoms with Gasteiger partial charge in [-0.25, -0.2) is 9.80 Å². The molecule has 2 aromatic carbocycles. The number of aromatic amines is 1. The van der Waals surface area contributed by atoms with Crippen LogP contribution in [0.1, 0.15) is 70.4 Å². The van der Waals surface area contributed by atoms with Crippen LogP contribution >= 0.6 is 0 Å². The molecule has 0 unspecified atom stereocenters. The fraction of sp³-hybridized carbons (Fsp3) is 0.514. The van der Waals surface area contributed by atoms with Crippen LogP contribution < -0.4 is 14.8 Å². The number of alkyl carbamates (subject to hydrolysis) is 1. The van der Waals surface area contributed by atoms with E-state index in [1.54, 1.807) is 44.9 Å². The SMILES string of the molecule is COc1ccc(C2=NN(C3CCN(C(=O)[C@@H](Cc4c[nH]c5ccccc45)NC(=O)OC(C)(C)C)CC3)C(=O)[C@@H]3CCCC[C@H]23)cc1OC. The average molecular weight is 658 g/mol. The summed E-state index contributed by atoms with van der Waals surface area (Å²) in [5.41, 5.74) is 3.05. The van der Waals surface area contributed by atoms with Crippen molar-refractivity contribution < 1.29 is 28.6 Å². The summed E-state index contributed by atoms with van der Waals surface area (Å²) in [4.78, 5) is 46.0. The van der Waals surface area contributed by atoms with Gasteiger partial charge in [0.2, 0.25) is 11.8 Å². The molecule has 6 rings (SSSR count). The fourth-order valence-corrected chi connectivity index (χ4v) is 7.41. The molecule has 2 fully saturated rings. The van der Waals surface area contributed by atoms with E-state index in [4.69, 9.17) is 19.3 Å². The molecule has 2 N–H and O–H groups in total. The normalized spacial score (nSPS) is 20.9. The van der Waals surface area contributed by atoms with Crippen molar-refractivity contribution in [3.8, 4) is 11.5 Å². The highest BCUT2D eigenvalue weighted by Gasteiger charge is 2.44. The number of nitrogens with one attached hydrogen (secondary N) is 2. The van der Waals surface area contributed by atoms with E-state index < -0.39 is 17.7 Å². The van der Waals surface area contributed by atoms with Gasteiger partial charge in [0.15, 0.2) is 11.5 Å².